The predicted molar refractivity (Wildman–Crippen MR) is 107 cm³/mol. The van der Waals surface area contributed by atoms with Crippen molar-refractivity contribution in [3.8, 4) is 0 Å². The maximum Gasteiger partial charge on any atom is 0.358 e. The molecule has 0 aliphatic heterocycles. The predicted octanol–water partition coefficient (Wildman–Crippen LogP) is 2.87. The van der Waals surface area contributed by atoms with Crippen LogP contribution < -0.4 is 10.6 Å². The molecule has 1 aliphatic carbocycles. The Balaban J connectivity index is 1.59. The average Bonchev–Trinajstić information content (AvgIpc) is 3.39. The van der Waals surface area contributed by atoms with Crippen LogP contribution in [0.15, 0.2) is 18.0 Å². The molecule has 0 saturated carbocycles. The van der Waals surface area contributed by atoms with Gasteiger partial charge in [-0.15, -0.1) is 29.3 Å². The number of aryl methyl sites for hydroxylation is 1. The first-order valence-electron chi connectivity index (χ1n) is 8.53. The molecule has 0 fully saturated rings. The van der Waals surface area contributed by atoms with E-state index in [-0.39, 0.29) is 5.69 Å². The third kappa shape index (κ3) is 4.39. The van der Waals surface area contributed by atoms with Crippen LogP contribution in [0.3, 0.4) is 0 Å². The molecular weight excluding hydrogens is 402 g/mol. The molecule has 0 spiro atoms. The number of ether oxygens (including phenoxy) is 2. The van der Waals surface area contributed by atoms with Crippen LogP contribution in [0.4, 0.5) is 10.1 Å². The summed E-state index contributed by atoms with van der Waals surface area (Å²) in [7, 11) is 1.31. The largest absolute Gasteiger partial charge is 0.465 e. The minimum Gasteiger partial charge on any atom is -0.465 e. The van der Waals surface area contributed by atoms with Gasteiger partial charge in [0.05, 0.1) is 12.7 Å². The molecule has 0 unspecified atom stereocenters. The summed E-state index contributed by atoms with van der Waals surface area (Å²) in [6.07, 6.45) is 4.31. The van der Waals surface area contributed by atoms with Gasteiger partial charge in [0.25, 0.3) is 5.91 Å². The van der Waals surface area contributed by atoms with Crippen molar-refractivity contribution in [2.45, 2.75) is 19.3 Å². The zero-order valence-electron chi connectivity index (χ0n) is 15.2. The number of amides is 1. The Morgan fingerprint density at radius 2 is 2.14 bits per heavy atom. The molecule has 2 aromatic heterocycles. The van der Waals surface area contributed by atoms with Crippen molar-refractivity contribution in [3.05, 3.63) is 39.7 Å². The number of anilines is 2. The zero-order chi connectivity index (χ0) is 20.1. The van der Waals surface area contributed by atoms with Gasteiger partial charge in [0.2, 0.25) is 0 Å². The number of esters is 2. The number of aromatic nitrogens is 1. The van der Waals surface area contributed by atoms with Crippen LogP contribution in [0, 0.1) is 0 Å². The molecule has 3 rings (SSSR count). The number of nitrogens with zero attached hydrogens (tertiary/aromatic N) is 1. The van der Waals surface area contributed by atoms with Gasteiger partial charge in [-0.1, -0.05) is 6.08 Å². The van der Waals surface area contributed by atoms with E-state index in [1.54, 1.807) is 11.5 Å². The number of fused-ring (bicyclic) bond motifs is 1. The molecule has 2 N–H and O–H groups in total. The second kappa shape index (κ2) is 8.98. The van der Waals surface area contributed by atoms with E-state index in [0.29, 0.717) is 22.2 Å². The summed E-state index contributed by atoms with van der Waals surface area (Å²) in [5.74, 6) is -1.70. The van der Waals surface area contributed by atoms with Crippen molar-refractivity contribution in [1.29, 1.82) is 0 Å². The van der Waals surface area contributed by atoms with Crippen molar-refractivity contribution in [2.24, 2.45) is 0 Å². The van der Waals surface area contributed by atoms with Crippen molar-refractivity contribution in [3.63, 3.8) is 0 Å². The minimum absolute atomic E-state index is 0.120. The molecule has 1 aliphatic rings. The molecule has 10 heteroatoms. The van der Waals surface area contributed by atoms with Crippen molar-refractivity contribution in [1.82, 2.24) is 4.98 Å². The smallest absolute Gasteiger partial charge is 0.358 e. The lowest BCUT2D eigenvalue weighted by Gasteiger charge is -2.07. The molecule has 1 amide bonds. The van der Waals surface area contributed by atoms with Crippen LogP contribution in [0.1, 0.15) is 37.7 Å². The van der Waals surface area contributed by atoms with Crippen molar-refractivity contribution < 1.29 is 23.9 Å². The highest BCUT2D eigenvalue weighted by Crippen LogP contribution is 2.39. The van der Waals surface area contributed by atoms with E-state index in [1.807, 2.05) is 0 Å². The lowest BCUT2D eigenvalue weighted by atomic mass is 10.1. The first-order valence-corrected chi connectivity index (χ1v) is 10.2. The third-order valence-electron chi connectivity index (χ3n) is 4.01. The molecule has 28 heavy (non-hydrogen) atoms. The van der Waals surface area contributed by atoms with E-state index in [4.69, 9.17) is 9.47 Å². The summed E-state index contributed by atoms with van der Waals surface area (Å²) in [4.78, 5) is 41.5. The molecule has 2 heterocycles. The number of thiophene rings is 1. The van der Waals surface area contributed by atoms with Gasteiger partial charge in [-0.05, 0) is 24.8 Å². The number of nitrogens with one attached hydrogen (secondary N) is 2. The van der Waals surface area contributed by atoms with E-state index in [2.05, 4.69) is 22.2 Å². The van der Waals surface area contributed by atoms with E-state index >= 15 is 0 Å². The number of rotatable bonds is 8. The Hall–Kier alpha value is -2.72. The highest BCUT2D eigenvalue weighted by Gasteiger charge is 2.28. The number of methoxy groups -OCH3 is 1. The summed E-state index contributed by atoms with van der Waals surface area (Å²) < 4.78 is 9.86. The molecule has 0 saturated heterocycles. The SMILES string of the molecule is C=CCNc1nc(C(=O)OCC(=O)Nc2sc3c(c2C(=O)OC)CCC3)cs1. The van der Waals surface area contributed by atoms with Gasteiger partial charge in [0.15, 0.2) is 17.4 Å². The Bertz CT molecular complexity index is 918. The quantitative estimate of drug-likeness (QED) is 0.498. The summed E-state index contributed by atoms with van der Waals surface area (Å²) >= 11 is 2.62. The summed E-state index contributed by atoms with van der Waals surface area (Å²) in [6.45, 7) is 3.64. The van der Waals surface area contributed by atoms with Gasteiger partial charge in [-0.2, -0.15) is 0 Å². The minimum atomic E-state index is -0.695. The topological polar surface area (TPSA) is 107 Å². The fraction of sp³-hybridized carbons (Fsp3) is 0.333. The van der Waals surface area contributed by atoms with Crippen LogP contribution >= 0.6 is 22.7 Å². The standard InChI is InChI=1S/C18H19N3O5S2/c1-3-7-19-18-20-11(9-27-18)16(23)26-8-13(22)21-15-14(17(24)25-2)10-5-4-6-12(10)28-15/h3,9H,1,4-8H2,2H3,(H,19,20)(H,21,22). The van der Waals surface area contributed by atoms with Crippen LogP contribution in [0.2, 0.25) is 0 Å². The molecule has 0 bridgehead atoms. The molecule has 8 nitrogen and oxygen atoms in total. The van der Waals surface area contributed by atoms with Crippen LogP contribution in [-0.2, 0) is 27.1 Å². The third-order valence-corrected chi connectivity index (χ3v) is 6.02. The first-order chi connectivity index (χ1) is 13.5. The van der Waals surface area contributed by atoms with Crippen LogP contribution in [0.5, 0.6) is 0 Å². The Labute approximate surface area is 169 Å². The van der Waals surface area contributed by atoms with E-state index in [1.165, 1.54) is 29.8 Å². The molecule has 0 atom stereocenters. The zero-order valence-corrected chi connectivity index (χ0v) is 16.8. The number of carbonyl (C=O) groups is 3. The fourth-order valence-electron chi connectivity index (χ4n) is 2.79. The van der Waals surface area contributed by atoms with E-state index < -0.39 is 24.5 Å². The van der Waals surface area contributed by atoms with Crippen LogP contribution in [-0.4, -0.2) is 43.1 Å². The van der Waals surface area contributed by atoms with Crippen molar-refractivity contribution in [2.75, 3.05) is 30.9 Å². The molecule has 0 radical (unpaired) electrons. The lowest BCUT2D eigenvalue weighted by Crippen LogP contribution is -2.22. The maximum atomic E-state index is 12.2. The molecule has 148 valence electrons. The highest BCUT2D eigenvalue weighted by atomic mass is 32.1. The van der Waals surface area contributed by atoms with Gasteiger partial charge in [-0.3, -0.25) is 4.79 Å². The first kappa shape index (κ1) is 20.0. The van der Waals surface area contributed by atoms with Crippen molar-refractivity contribution >= 4 is 50.7 Å². The lowest BCUT2D eigenvalue weighted by molar-refractivity contribution is -0.119. The van der Waals surface area contributed by atoms with Crippen LogP contribution in [0.25, 0.3) is 0 Å². The Kier molecular flexibility index (Phi) is 6.42. The fourth-order valence-corrected chi connectivity index (χ4v) is 4.77. The number of thiazole rings is 1. The van der Waals surface area contributed by atoms with Gasteiger partial charge >= 0.3 is 11.9 Å². The summed E-state index contributed by atoms with van der Waals surface area (Å²) in [6, 6.07) is 0. The summed E-state index contributed by atoms with van der Waals surface area (Å²) in [5, 5.41) is 8.16. The average molecular weight is 422 g/mol. The maximum absolute atomic E-state index is 12.2. The second-order valence-electron chi connectivity index (χ2n) is 5.88. The number of hydrogen-bond donors (Lipinski definition) is 2. The molecule has 2 aromatic rings. The molecular formula is C18H19N3O5S2. The van der Waals surface area contributed by atoms with E-state index in [9.17, 15) is 14.4 Å². The summed E-state index contributed by atoms with van der Waals surface area (Å²) in [5.41, 5.74) is 1.46. The number of carbonyl (C=O) groups excluding carboxylic acids is 3. The van der Waals surface area contributed by atoms with Gasteiger partial charge in [-0.25, -0.2) is 14.6 Å². The van der Waals surface area contributed by atoms with Gasteiger partial charge < -0.3 is 20.1 Å². The monoisotopic (exact) mass is 421 g/mol. The highest BCUT2D eigenvalue weighted by molar-refractivity contribution is 7.17. The second-order valence-corrected chi connectivity index (χ2v) is 7.85. The number of hydrogen-bond acceptors (Lipinski definition) is 9. The Morgan fingerprint density at radius 1 is 1.32 bits per heavy atom. The van der Waals surface area contributed by atoms with Gasteiger partial charge in [0, 0.05) is 16.8 Å². The normalized spacial score (nSPS) is 12.2. The Morgan fingerprint density at radius 3 is 2.89 bits per heavy atom. The molecule has 0 aromatic carbocycles. The van der Waals surface area contributed by atoms with Gasteiger partial charge in [0.1, 0.15) is 5.00 Å². The van der Waals surface area contributed by atoms with E-state index in [0.717, 1.165) is 29.7 Å².